The molecule has 3 heterocycles. The summed E-state index contributed by atoms with van der Waals surface area (Å²) in [4.78, 5) is 14.4. The van der Waals surface area contributed by atoms with E-state index in [9.17, 15) is 4.79 Å². The molecule has 6 heteroatoms. The van der Waals surface area contributed by atoms with E-state index in [4.69, 9.17) is 0 Å². The quantitative estimate of drug-likeness (QED) is 0.914. The zero-order valence-corrected chi connectivity index (χ0v) is 12.3. The lowest BCUT2D eigenvalue weighted by Gasteiger charge is -2.28. The summed E-state index contributed by atoms with van der Waals surface area (Å²) in [7, 11) is 0. The van der Waals surface area contributed by atoms with Crippen LogP contribution in [0.2, 0.25) is 0 Å². The van der Waals surface area contributed by atoms with Gasteiger partial charge in [-0.15, -0.1) is 10.2 Å². The van der Waals surface area contributed by atoms with Crippen LogP contribution in [0.15, 0.2) is 0 Å². The molecule has 0 radical (unpaired) electrons. The highest BCUT2D eigenvalue weighted by molar-refractivity contribution is 5.75. The number of carbonyl (C=O) groups excluding carboxylic acids is 1. The van der Waals surface area contributed by atoms with Crippen LogP contribution in [0.25, 0.3) is 0 Å². The van der Waals surface area contributed by atoms with Gasteiger partial charge in [-0.3, -0.25) is 0 Å². The fourth-order valence-electron chi connectivity index (χ4n) is 3.43. The van der Waals surface area contributed by atoms with Gasteiger partial charge in [0.1, 0.15) is 5.82 Å². The molecule has 2 atom stereocenters. The molecule has 1 saturated heterocycles. The summed E-state index contributed by atoms with van der Waals surface area (Å²) in [5.41, 5.74) is 0. The molecule has 1 aromatic rings. The average molecular weight is 277 g/mol. The van der Waals surface area contributed by atoms with Crippen LogP contribution in [0.1, 0.15) is 51.2 Å². The maximum absolute atomic E-state index is 12.4. The second-order valence-electron chi connectivity index (χ2n) is 5.84. The van der Waals surface area contributed by atoms with Crippen molar-refractivity contribution in [2.75, 3.05) is 0 Å². The van der Waals surface area contributed by atoms with Gasteiger partial charge >= 0.3 is 6.03 Å². The molecule has 1 N–H and O–H groups in total. The Morgan fingerprint density at radius 2 is 2.25 bits per heavy atom. The standard InChI is InChI=1S/C14H23N5O/c1-3-11-7-6-10(2)19(11)14(20)15-9-13-17-16-12-5-4-8-18(12)13/h10-11H,3-9H2,1-2H3,(H,15,20)/t10-,11-/m0/s1. The SMILES string of the molecule is CC[C@H]1CC[C@H](C)N1C(=O)NCc1nnc2n1CCC2. The van der Waals surface area contributed by atoms with Crippen LogP contribution in [0.4, 0.5) is 4.79 Å². The van der Waals surface area contributed by atoms with E-state index in [2.05, 4.69) is 33.9 Å². The first-order valence-corrected chi connectivity index (χ1v) is 7.67. The topological polar surface area (TPSA) is 63.1 Å². The van der Waals surface area contributed by atoms with Gasteiger partial charge in [-0.05, 0) is 32.6 Å². The van der Waals surface area contributed by atoms with Gasteiger partial charge in [0.25, 0.3) is 0 Å². The molecule has 6 nitrogen and oxygen atoms in total. The summed E-state index contributed by atoms with van der Waals surface area (Å²) in [6.45, 7) is 5.73. The third-order valence-electron chi connectivity index (χ3n) is 4.58. The van der Waals surface area contributed by atoms with Crippen molar-refractivity contribution in [3.63, 3.8) is 0 Å². The summed E-state index contributed by atoms with van der Waals surface area (Å²) in [6.07, 6.45) is 5.38. The van der Waals surface area contributed by atoms with E-state index in [1.165, 1.54) is 0 Å². The molecule has 0 spiro atoms. The van der Waals surface area contributed by atoms with Crippen LogP contribution in [0, 0.1) is 0 Å². The molecule has 3 rings (SSSR count). The summed E-state index contributed by atoms with van der Waals surface area (Å²) in [6, 6.07) is 0.760. The fourth-order valence-corrected chi connectivity index (χ4v) is 3.43. The second-order valence-corrected chi connectivity index (χ2v) is 5.84. The monoisotopic (exact) mass is 277 g/mol. The first-order chi connectivity index (χ1) is 9.70. The van der Waals surface area contributed by atoms with Crippen LogP contribution in [-0.2, 0) is 19.5 Å². The van der Waals surface area contributed by atoms with E-state index in [1.54, 1.807) is 0 Å². The predicted molar refractivity (Wildman–Crippen MR) is 75.2 cm³/mol. The van der Waals surface area contributed by atoms with Crippen LogP contribution in [0.5, 0.6) is 0 Å². The van der Waals surface area contributed by atoms with E-state index < -0.39 is 0 Å². The number of rotatable bonds is 3. The maximum Gasteiger partial charge on any atom is 0.318 e. The zero-order chi connectivity index (χ0) is 14.1. The molecular formula is C14H23N5O. The van der Waals surface area contributed by atoms with Crippen LogP contribution in [0.3, 0.4) is 0 Å². The Bertz CT molecular complexity index is 498. The Balaban J connectivity index is 1.61. The van der Waals surface area contributed by atoms with E-state index in [0.29, 0.717) is 18.6 Å². The molecule has 1 fully saturated rings. The predicted octanol–water partition coefficient (Wildman–Crippen LogP) is 1.70. The van der Waals surface area contributed by atoms with E-state index in [-0.39, 0.29) is 6.03 Å². The summed E-state index contributed by atoms with van der Waals surface area (Å²) in [5.74, 6) is 1.93. The highest BCUT2D eigenvalue weighted by Crippen LogP contribution is 2.25. The minimum atomic E-state index is 0.0391. The van der Waals surface area contributed by atoms with Crippen molar-refractivity contribution in [3.8, 4) is 0 Å². The Morgan fingerprint density at radius 3 is 3.05 bits per heavy atom. The second kappa shape index (κ2) is 5.42. The number of fused-ring (bicyclic) bond motifs is 1. The largest absolute Gasteiger partial charge is 0.331 e. The van der Waals surface area contributed by atoms with Crippen LogP contribution in [-0.4, -0.2) is 37.8 Å². The number of amides is 2. The summed E-state index contributed by atoms with van der Waals surface area (Å²) < 4.78 is 2.13. The van der Waals surface area contributed by atoms with Crippen LogP contribution >= 0.6 is 0 Å². The molecule has 0 bridgehead atoms. The van der Waals surface area contributed by atoms with Crippen molar-refractivity contribution < 1.29 is 4.79 Å². The lowest BCUT2D eigenvalue weighted by atomic mass is 10.2. The number of nitrogens with zero attached hydrogens (tertiary/aromatic N) is 4. The van der Waals surface area contributed by atoms with Crippen LogP contribution < -0.4 is 5.32 Å². The van der Waals surface area contributed by atoms with Gasteiger partial charge in [0.2, 0.25) is 0 Å². The molecule has 20 heavy (non-hydrogen) atoms. The van der Waals surface area contributed by atoms with E-state index in [0.717, 1.165) is 50.3 Å². The molecule has 0 aromatic carbocycles. The Hall–Kier alpha value is -1.59. The van der Waals surface area contributed by atoms with E-state index in [1.807, 2.05) is 4.90 Å². The van der Waals surface area contributed by atoms with Gasteiger partial charge in [-0.2, -0.15) is 0 Å². The molecule has 2 aliphatic heterocycles. The number of hydrogen-bond acceptors (Lipinski definition) is 3. The van der Waals surface area contributed by atoms with Crippen molar-refractivity contribution in [2.24, 2.45) is 0 Å². The lowest BCUT2D eigenvalue weighted by molar-refractivity contribution is 0.174. The molecule has 0 aliphatic carbocycles. The van der Waals surface area contributed by atoms with Gasteiger partial charge in [0.05, 0.1) is 6.54 Å². The maximum atomic E-state index is 12.4. The van der Waals surface area contributed by atoms with Crippen molar-refractivity contribution in [1.82, 2.24) is 25.0 Å². The number of aromatic nitrogens is 3. The highest BCUT2D eigenvalue weighted by atomic mass is 16.2. The number of carbonyl (C=O) groups is 1. The fraction of sp³-hybridized carbons (Fsp3) is 0.786. The smallest absolute Gasteiger partial charge is 0.318 e. The van der Waals surface area contributed by atoms with Gasteiger partial charge in [-0.1, -0.05) is 6.92 Å². The molecule has 0 saturated carbocycles. The molecule has 110 valence electrons. The number of likely N-dealkylation sites (tertiary alicyclic amines) is 1. The van der Waals surface area contributed by atoms with Crippen molar-refractivity contribution in [2.45, 2.75) is 71.1 Å². The zero-order valence-electron chi connectivity index (χ0n) is 12.3. The molecule has 2 amide bonds. The van der Waals surface area contributed by atoms with Crippen molar-refractivity contribution in [3.05, 3.63) is 11.6 Å². The Kier molecular flexibility index (Phi) is 3.63. The lowest BCUT2D eigenvalue weighted by Crippen LogP contribution is -2.45. The molecule has 0 unspecified atom stereocenters. The normalized spacial score (nSPS) is 25.0. The molecular weight excluding hydrogens is 254 g/mol. The first kappa shape index (κ1) is 13.4. The summed E-state index contributed by atoms with van der Waals surface area (Å²) >= 11 is 0. The van der Waals surface area contributed by atoms with Gasteiger partial charge in [0, 0.05) is 25.0 Å². The molecule has 2 aliphatic rings. The van der Waals surface area contributed by atoms with Crippen molar-refractivity contribution >= 4 is 6.03 Å². The summed E-state index contributed by atoms with van der Waals surface area (Å²) in [5, 5.41) is 11.4. The highest BCUT2D eigenvalue weighted by Gasteiger charge is 2.33. The number of hydrogen-bond donors (Lipinski definition) is 1. The number of urea groups is 1. The minimum Gasteiger partial charge on any atom is -0.331 e. The van der Waals surface area contributed by atoms with E-state index >= 15 is 0 Å². The minimum absolute atomic E-state index is 0.0391. The Morgan fingerprint density at radius 1 is 1.40 bits per heavy atom. The van der Waals surface area contributed by atoms with Gasteiger partial charge in [0.15, 0.2) is 5.82 Å². The Labute approximate surface area is 119 Å². The van der Waals surface area contributed by atoms with Gasteiger partial charge in [-0.25, -0.2) is 4.79 Å². The number of nitrogens with one attached hydrogen (secondary N) is 1. The third-order valence-corrected chi connectivity index (χ3v) is 4.58. The first-order valence-electron chi connectivity index (χ1n) is 7.67. The third kappa shape index (κ3) is 2.27. The van der Waals surface area contributed by atoms with Gasteiger partial charge < -0.3 is 14.8 Å². The average Bonchev–Trinajstić information content (AvgIpc) is 3.11. The number of aryl methyl sites for hydroxylation is 1. The van der Waals surface area contributed by atoms with Crippen molar-refractivity contribution in [1.29, 1.82) is 0 Å². The molecule has 1 aromatic heterocycles.